The fourth-order valence-corrected chi connectivity index (χ4v) is 3.35. The number of hydrogen-bond acceptors (Lipinski definition) is 6. The number of nitrogen functional groups attached to an aromatic ring is 1. The molecule has 0 saturated carbocycles. The van der Waals surface area contributed by atoms with Crippen LogP contribution in [0.2, 0.25) is 0 Å². The summed E-state index contributed by atoms with van der Waals surface area (Å²) in [4.78, 5) is 8.53. The van der Waals surface area contributed by atoms with Gasteiger partial charge in [0.25, 0.3) is 0 Å². The normalized spacial score (nSPS) is 10.3. The summed E-state index contributed by atoms with van der Waals surface area (Å²) in [7, 11) is 0. The van der Waals surface area contributed by atoms with Crippen molar-refractivity contribution in [2.75, 3.05) is 17.6 Å². The van der Waals surface area contributed by atoms with Gasteiger partial charge in [0.2, 0.25) is 0 Å². The van der Waals surface area contributed by atoms with Crippen molar-refractivity contribution in [3.05, 3.63) is 83.7 Å². The summed E-state index contributed by atoms with van der Waals surface area (Å²) < 4.78 is 0. The van der Waals surface area contributed by atoms with Gasteiger partial charge in [-0.05, 0) is 35.7 Å². The lowest BCUT2D eigenvalue weighted by Crippen LogP contribution is -2.07. The van der Waals surface area contributed by atoms with Crippen molar-refractivity contribution >= 4 is 22.4 Å². The van der Waals surface area contributed by atoms with E-state index in [4.69, 9.17) is 5.73 Å². The predicted molar refractivity (Wildman–Crippen MR) is 117 cm³/mol. The molecule has 0 unspecified atom stereocenters. The molecule has 144 valence electrons. The van der Waals surface area contributed by atoms with Gasteiger partial charge in [-0.3, -0.25) is 4.98 Å². The zero-order valence-electron chi connectivity index (χ0n) is 16.1. The molecule has 30 heavy (non-hydrogen) atoms. The second kappa shape index (κ2) is 8.30. The number of fused-ring (bicyclic) bond motifs is 1. The van der Waals surface area contributed by atoms with Crippen LogP contribution in [0.25, 0.3) is 22.0 Å². The van der Waals surface area contributed by atoms with E-state index in [0.717, 1.165) is 34.1 Å². The van der Waals surface area contributed by atoms with Crippen LogP contribution in [-0.4, -0.2) is 16.5 Å². The lowest BCUT2D eigenvalue weighted by Gasteiger charge is -2.13. The third-order valence-electron chi connectivity index (χ3n) is 4.92. The van der Waals surface area contributed by atoms with E-state index in [1.54, 1.807) is 18.5 Å². The predicted octanol–water partition coefficient (Wildman–Crippen LogP) is 4.28. The van der Waals surface area contributed by atoms with Crippen LogP contribution in [0, 0.1) is 22.7 Å². The Hall–Kier alpha value is -4.42. The van der Waals surface area contributed by atoms with Crippen molar-refractivity contribution in [2.24, 2.45) is 0 Å². The summed E-state index contributed by atoms with van der Waals surface area (Å²) in [6.45, 7) is 0.685. The van der Waals surface area contributed by atoms with Crippen molar-refractivity contribution in [3.8, 4) is 23.3 Å². The summed E-state index contributed by atoms with van der Waals surface area (Å²) in [5.74, 6) is 0.207. The van der Waals surface area contributed by atoms with Crippen molar-refractivity contribution in [3.63, 3.8) is 0 Å². The maximum absolute atomic E-state index is 9.59. The van der Waals surface area contributed by atoms with E-state index in [2.05, 4.69) is 39.6 Å². The Morgan fingerprint density at radius 3 is 2.43 bits per heavy atom. The average Bonchev–Trinajstić information content (AvgIpc) is 2.80. The Bertz CT molecular complexity index is 1300. The molecule has 0 atom stereocenters. The van der Waals surface area contributed by atoms with Gasteiger partial charge in [0.15, 0.2) is 0 Å². The van der Waals surface area contributed by atoms with E-state index in [-0.39, 0.29) is 5.82 Å². The van der Waals surface area contributed by atoms with Gasteiger partial charge in [0.1, 0.15) is 18.0 Å². The molecule has 0 amide bonds. The lowest BCUT2D eigenvalue weighted by molar-refractivity contribution is 1.02. The molecule has 0 fully saturated rings. The number of benzene rings is 2. The van der Waals surface area contributed by atoms with Gasteiger partial charge < -0.3 is 11.1 Å². The molecule has 0 radical (unpaired) electrons. The van der Waals surface area contributed by atoms with Gasteiger partial charge >= 0.3 is 0 Å². The first kappa shape index (κ1) is 18.9. The van der Waals surface area contributed by atoms with Gasteiger partial charge in [0.05, 0.1) is 22.3 Å². The molecule has 2 aromatic heterocycles. The van der Waals surface area contributed by atoms with Crippen molar-refractivity contribution in [2.45, 2.75) is 6.42 Å². The number of aromatic nitrogens is 2. The van der Waals surface area contributed by atoms with Gasteiger partial charge in [-0.1, -0.05) is 36.4 Å². The standard InChI is InChI=1S/C24H18N6/c25-12-18-10-19(14-30-24(18)27)17-6-7-22-21(11-17)23(20(13-26)15-29-22)28-9-8-16-4-2-1-3-5-16/h1-7,10-11,14-15H,8-9H2,(H2,27,30)(H,28,29). The molecule has 0 aliphatic heterocycles. The Labute approximate surface area is 174 Å². The minimum atomic E-state index is 0.207. The van der Waals surface area contributed by atoms with Crippen molar-refractivity contribution in [1.29, 1.82) is 10.5 Å². The Balaban J connectivity index is 1.72. The number of nitrogens with two attached hydrogens (primary N) is 1. The first-order chi connectivity index (χ1) is 14.7. The Morgan fingerprint density at radius 1 is 0.867 bits per heavy atom. The average molecular weight is 390 g/mol. The first-order valence-corrected chi connectivity index (χ1v) is 9.46. The van der Waals surface area contributed by atoms with Crippen LogP contribution in [-0.2, 0) is 6.42 Å². The van der Waals surface area contributed by atoms with Gasteiger partial charge in [0, 0.05) is 29.9 Å². The summed E-state index contributed by atoms with van der Waals surface area (Å²) in [5.41, 5.74) is 11.0. The molecule has 4 aromatic rings. The molecule has 3 N–H and O–H groups in total. The molecule has 0 saturated heterocycles. The topological polar surface area (TPSA) is 111 Å². The zero-order chi connectivity index (χ0) is 20.9. The van der Waals surface area contributed by atoms with Crippen LogP contribution in [0.4, 0.5) is 11.5 Å². The monoisotopic (exact) mass is 390 g/mol. The number of pyridine rings is 2. The van der Waals surface area contributed by atoms with Crippen LogP contribution in [0.3, 0.4) is 0 Å². The highest BCUT2D eigenvalue weighted by atomic mass is 14.9. The van der Waals surface area contributed by atoms with Crippen LogP contribution in [0.15, 0.2) is 67.0 Å². The number of hydrogen-bond donors (Lipinski definition) is 2. The molecular weight excluding hydrogens is 372 g/mol. The van der Waals surface area contributed by atoms with Gasteiger partial charge in [-0.25, -0.2) is 4.98 Å². The third kappa shape index (κ3) is 3.76. The van der Waals surface area contributed by atoms with E-state index < -0.39 is 0 Å². The number of nitriles is 2. The van der Waals surface area contributed by atoms with Crippen molar-refractivity contribution in [1.82, 2.24) is 9.97 Å². The SMILES string of the molecule is N#Cc1cc(-c2ccc3ncc(C#N)c(NCCc4ccccc4)c3c2)cnc1N. The Kier molecular flexibility index (Phi) is 5.23. The molecule has 0 aliphatic carbocycles. The fourth-order valence-electron chi connectivity index (χ4n) is 3.35. The lowest BCUT2D eigenvalue weighted by atomic mass is 10.0. The summed E-state index contributed by atoms with van der Waals surface area (Å²) >= 11 is 0. The van der Waals surface area contributed by atoms with Crippen molar-refractivity contribution < 1.29 is 0 Å². The van der Waals surface area contributed by atoms with E-state index in [1.807, 2.05) is 36.4 Å². The largest absolute Gasteiger partial charge is 0.383 e. The third-order valence-corrected chi connectivity index (χ3v) is 4.92. The molecule has 2 aromatic carbocycles. The second-order valence-corrected chi connectivity index (χ2v) is 6.82. The van der Waals surface area contributed by atoms with Gasteiger partial charge in [-0.15, -0.1) is 0 Å². The summed E-state index contributed by atoms with van der Waals surface area (Å²) in [6, 6.07) is 22.0. The maximum Gasteiger partial charge on any atom is 0.141 e. The number of nitrogens with one attached hydrogen (secondary N) is 1. The summed E-state index contributed by atoms with van der Waals surface area (Å²) in [6.07, 6.45) is 4.06. The molecular formula is C24H18N6. The van der Waals surface area contributed by atoms with Crippen LogP contribution in [0.5, 0.6) is 0 Å². The highest BCUT2D eigenvalue weighted by Gasteiger charge is 2.11. The zero-order valence-corrected chi connectivity index (χ0v) is 16.1. The molecule has 2 heterocycles. The van der Waals surface area contributed by atoms with Crippen LogP contribution < -0.4 is 11.1 Å². The minimum absolute atomic E-state index is 0.207. The number of anilines is 2. The first-order valence-electron chi connectivity index (χ1n) is 9.46. The highest BCUT2D eigenvalue weighted by Crippen LogP contribution is 2.31. The van der Waals surface area contributed by atoms with Crippen LogP contribution >= 0.6 is 0 Å². The van der Waals surface area contributed by atoms with E-state index in [9.17, 15) is 10.5 Å². The van der Waals surface area contributed by atoms with E-state index in [1.165, 1.54) is 5.56 Å². The molecule has 0 spiro atoms. The maximum atomic E-state index is 9.59. The molecule has 0 bridgehead atoms. The quantitative estimate of drug-likeness (QED) is 0.526. The summed E-state index contributed by atoms with van der Waals surface area (Å²) in [5, 5.41) is 23.1. The van der Waals surface area contributed by atoms with Crippen LogP contribution in [0.1, 0.15) is 16.7 Å². The molecule has 0 aliphatic rings. The minimum Gasteiger partial charge on any atom is -0.383 e. The Morgan fingerprint density at radius 2 is 1.67 bits per heavy atom. The fraction of sp³-hybridized carbons (Fsp3) is 0.0833. The van der Waals surface area contributed by atoms with E-state index >= 15 is 0 Å². The molecule has 6 heteroatoms. The second-order valence-electron chi connectivity index (χ2n) is 6.82. The van der Waals surface area contributed by atoms with Gasteiger partial charge in [-0.2, -0.15) is 10.5 Å². The number of rotatable bonds is 5. The van der Waals surface area contributed by atoms with E-state index in [0.29, 0.717) is 17.7 Å². The highest BCUT2D eigenvalue weighted by molar-refractivity contribution is 5.96. The molecule has 4 rings (SSSR count). The number of nitrogens with zero attached hydrogens (tertiary/aromatic N) is 4. The molecule has 6 nitrogen and oxygen atoms in total. The smallest absolute Gasteiger partial charge is 0.141 e.